The SMILES string of the molecule is CCc1ccc(N2CSC3=C(C#N)C(c4ccc(OC)c(OC)c4)CC(=O)N3C2)cc1. The van der Waals surface area contributed by atoms with Crippen molar-refractivity contribution < 1.29 is 14.3 Å². The van der Waals surface area contributed by atoms with Crippen LogP contribution in [0.4, 0.5) is 5.69 Å². The molecule has 0 radical (unpaired) electrons. The van der Waals surface area contributed by atoms with Gasteiger partial charge in [-0.15, -0.1) is 0 Å². The van der Waals surface area contributed by atoms with Crippen LogP contribution in [0.5, 0.6) is 11.5 Å². The van der Waals surface area contributed by atoms with Crippen molar-refractivity contribution in [2.45, 2.75) is 25.7 Å². The van der Waals surface area contributed by atoms with E-state index in [0.717, 1.165) is 22.7 Å². The van der Waals surface area contributed by atoms with Crippen molar-refractivity contribution in [1.29, 1.82) is 5.26 Å². The number of nitriles is 1. The van der Waals surface area contributed by atoms with Crippen molar-refractivity contribution in [2.75, 3.05) is 31.7 Å². The second-order valence-corrected chi connectivity index (χ2v) is 8.43. The van der Waals surface area contributed by atoms with E-state index in [0.29, 0.717) is 29.6 Å². The highest BCUT2D eigenvalue weighted by Gasteiger charge is 2.38. The number of amides is 1. The molecule has 0 spiro atoms. The highest BCUT2D eigenvalue weighted by atomic mass is 32.2. The number of methoxy groups -OCH3 is 2. The Morgan fingerprint density at radius 1 is 1.13 bits per heavy atom. The molecule has 0 saturated carbocycles. The van der Waals surface area contributed by atoms with E-state index >= 15 is 0 Å². The Morgan fingerprint density at radius 2 is 1.87 bits per heavy atom. The Kier molecular flexibility index (Phi) is 6.10. The number of thioether (sulfide) groups is 1. The van der Waals surface area contributed by atoms with Gasteiger partial charge in [0, 0.05) is 18.0 Å². The number of ether oxygens (including phenoxy) is 2. The van der Waals surface area contributed by atoms with Gasteiger partial charge in [-0.2, -0.15) is 5.26 Å². The summed E-state index contributed by atoms with van der Waals surface area (Å²) in [5.74, 6) is 1.64. The van der Waals surface area contributed by atoms with Gasteiger partial charge >= 0.3 is 0 Å². The van der Waals surface area contributed by atoms with E-state index in [1.807, 2.05) is 18.2 Å². The molecule has 2 aromatic rings. The molecule has 2 aromatic carbocycles. The molecule has 2 aliphatic rings. The van der Waals surface area contributed by atoms with Crippen molar-refractivity contribution in [1.82, 2.24) is 4.90 Å². The smallest absolute Gasteiger partial charge is 0.229 e. The number of hydrogen-bond acceptors (Lipinski definition) is 6. The van der Waals surface area contributed by atoms with Crippen molar-refractivity contribution in [3.63, 3.8) is 0 Å². The molecule has 6 nitrogen and oxygen atoms in total. The molecule has 31 heavy (non-hydrogen) atoms. The summed E-state index contributed by atoms with van der Waals surface area (Å²) in [4.78, 5) is 17.0. The third kappa shape index (κ3) is 3.96. The molecule has 1 amide bonds. The van der Waals surface area contributed by atoms with Crippen molar-refractivity contribution in [3.8, 4) is 17.6 Å². The van der Waals surface area contributed by atoms with E-state index < -0.39 is 0 Å². The Hall–Kier alpha value is -3.11. The molecule has 0 aromatic heterocycles. The van der Waals surface area contributed by atoms with Crippen LogP contribution in [0.2, 0.25) is 0 Å². The van der Waals surface area contributed by atoms with E-state index in [9.17, 15) is 10.1 Å². The van der Waals surface area contributed by atoms with E-state index in [4.69, 9.17) is 9.47 Å². The van der Waals surface area contributed by atoms with Gasteiger partial charge in [-0.05, 0) is 41.8 Å². The van der Waals surface area contributed by atoms with Crippen molar-refractivity contribution >= 4 is 23.4 Å². The average molecular weight is 436 g/mol. The Balaban J connectivity index is 1.64. The van der Waals surface area contributed by atoms with Crippen LogP contribution in [0.25, 0.3) is 0 Å². The fourth-order valence-electron chi connectivity index (χ4n) is 4.02. The van der Waals surface area contributed by atoms with Gasteiger partial charge in [0.1, 0.15) is 0 Å². The van der Waals surface area contributed by atoms with Gasteiger partial charge in [0.25, 0.3) is 0 Å². The zero-order valence-corrected chi connectivity index (χ0v) is 18.7. The number of nitrogens with zero attached hydrogens (tertiary/aromatic N) is 3. The van der Waals surface area contributed by atoms with Gasteiger partial charge in [0.2, 0.25) is 5.91 Å². The van der Waals surface area contributed by atoms with Gasteiger partial charge in [-0.3, -0.25) is 9.69 Å². The van der Waals surface area contributed by atoms with Crippen molar-refractivity contribution in [3.05, 3.63) is 64.2 Å². The van der Waals surface area contributed by atoms with Crippen LogP contribution in [0.15, 0.2) is 53.1 Å². The first kappa shape index (κ1) is 21.1. The number of fused-ring (bicyclic) bond motifs is 1. The predicted octanol–water partition coefficient (Wildman–Crippen LogP) is 4.49. The normalized spacial score (nSPS) is 18.5. The number of anilines is 1. The van der Waals surface area contributed by atoms with Crippen LogP contribution in [0.3, 0.4) is 0 Å². The summed E-state index contributed by atoms with van der Waals surface area (Å²) in [6, 6.07) is 16.4. The summed E-state index contributed by atoms with van der Waals surface area (Å²) in [6.07, 6.45) is 1.25. The lowest BCUT2D eigenvalue weighted by Gasteiger charge is -2.42. The molecular formula is C24H25N3O3S. The quantitative estimate of drug-likeness (QED) is 0.690. The number of aryl methyl sites for hydroxylation is 1. The van der Waals surface area contributed by atoms with Gasteiger partial charge < -0.3 is 14.4 Å². The Morgan fingerprint density at radius 3 is 2.52 bits per heavy atom. The molecule has 0 bridgehead atoms. The highest BCUT2D eigenvalue weighted by Crippen LogP contribution is 2.44. The lowest BCUT2D eigenvalue weighted by Crippen LogP contribution is -2.47. The van der Waals surface area contributed by atoms with Gasteiger partial charge in [0.15, 0.2) is 11.5 Å². The number of hydrogen-bond donors (Lipinski definition) is 0. The van der Waals surface area contributed by atoms with Crippen LogP contribution in [-0.4, -0.2) is 37.6 Å². The number of rotatable bonds is 5. The molecule has 1 unspecified atom stereocenters. The molecular weight excluding hydrogens is 410 g/mol. The third-order valence-electron chi connectivity index (χ3n) is 5.81. The first-order valence-corrected chi connectivity index (χ1v) is 11.2. The van der Waals surface area contributed by atoms with E-state index in [1.54, 1.807) is 30.9 Å². The minimum Gasteiger partial charge on any atom is -0.493 e. The maximum atomic E-state index is 13.1. The average Bonchev–Trinajstić information content (AvgIpc) is 2.83. The van der Waals surface area contributed by atoms with E-state index in [-0.39, 0.29) is 18.2 Å². The molecule has 160 valence electrons. The zero-order chi connectivity index (χ0) is 22.0. The van der Waals surface area contributed by atoms with Crippen LogP contribution in [0, 0.1) is 11.3 Å². The van der Waals surface area contributed by atoms with Crippen LogP contribution in [-0.2, 0) is 11.2 Å². The standard InChI is InChI=1S/C24H25N3O3S/c1-4-16-5-8-18(9-6-16)26-14-27-23(28)12-19(20(13-25)24(27)31-15-26)17-7-10-21(29-2)22(11-17)30-3/h5-11,19H,4,12,14-15H2,1-3H3. The number of carbonyl (C=O) groups excluding carboxylic acids is 1. The lowest BCUT2D eigenvalue weighted by molar-refractivity contribution is -0.129. The number of carbonyl (C=O) groups is 1. The summed E-state index contributed by atoms with van der Waals surface area (Å²) in [6.45, 7) is 2.59. The van der Waals surface area contributed by atoms with Gasteiger partial charge in [0.05, 0.1) is 43.4 Å². The highest BCUT2D eigenvalue weighted by molar-refractivity contribution is 8.03. The molecule has 2 heterocycles. The Bertz CT molecular complexity index is 1060. The van der Waals surface area contributed by atoms with Gasteiger partial charge in [-0.25, -0.2) is 0 Å². The summed E-state index contributed by atoms with van der Waals surface area (Å²) in [7, 11) is 3.17. The minimum absolute atomic E-state index is 0.0242. The summed E-state index contributed by atoms with van der Waals surface area (Å²) >= 11 is 1.54. The summed E-state index contributed by atoms with van der Waals surface area (Å²) < 4.78 is 10.7. The largest absolute Gasteiger partial charge is 0.493 e. The zero-order valence-electron chi connectivity index (χ0n) is 17.9. The summed E-state index contributed by atoms with van der Waals surface area (Å²) in [5, 5.41) is 10.8. The third-order valence-corrected chi connectivity index (χ3v) is 6.97. The predicted molar refractivity (Wildman–Crippen MR) is 122 cm³/mol. The molecule has 1 fully saturated rings. The van der Waals surface area contributed by atoms with E-state index in [1.165, 1.54) is 5.56 Å². The topological polar surface area (TPSA) is 65.8 Å². The van der Waals surface area contributed by atoms with Crippen molar-refractivity contribution in [2.24, 2.45) is 0 Å². The van der Waals surface area contributed by atoms with Gasteiger partial charge in [-0.1, -0.05) is 36.9 Å². The molecule has 4 rings (SSSR count). The molecule has 1 saturated heterocycles. The molecule has 1 atom stereocenters. The fourth-order valence-corrected chi connectivity index (χ4v) is 5.19. The lowest BCUT2D eigenvalue weighted by atomic mass is 9.86. The monoisotopic (exact) mass is 435 g/mol. The number of benzene rings is 2. The number of allylic oxidation sites excluding steroid dienone is 1. The summed E-state index contributed by atoms with van der Waals surface area (Å²) in [5.41, 5.74) is 3.88. The maximum Gasteiger partial charge on any atom is 0.229 e. The van der Waals surface area contributed by atoms with Crippen LogP contribution < -0.4 is 14.4 Å². The fraction of sp³-hybridized carbons (Fsp3) is 0.333. The molecule has 0 aliphatic carbocycles. The maximum absolute atomic E-state index is 13.1. The Labute approximate surface area is 187 Å². The minimum atomic E-state index is -0.286. The first-order chi connectivity index (χ1) is 15.1. The van der Waals surface area contributed by atoms with Crippen LogP contribution >= 0.6 is 11.8 Å². The molecule has 0 N–H and O–H groups in total. The second-order valence-electron chi connectivity index (χ2n) is 7.50. The molecule has 2 aliphatic heterocycles. The van der Waals surface area contributed by atoms with E-state index in [2.05, 4.69) is 42.2 Å². The molecule has 7 heteroatoms. The first-order valence-electron chi connectivity index (χ1n) is 10.2. The van der Waals surface area contributed by atoms with Crippen LogP contribution in [0.1, 0.15) is 30.4 Å². The second kappa shape index (κ2) is 8.94.